The zero-order valence-electron chi connectivity index (χ0n) is 12.0. The highest BCUT2D eigenvalue weighted by Crippen LogP contribution is 2.20. The Balaban J connectivity index is 2.17. The van der Waals surface area contributed by atoms with Crippen molar-refractivity contribution in [3.05, 3.63) is 11.9 Å². The van der Waals surface area contributed by atoms with Gasteiger partial charge in [0, 0.05) is 37.9 Å². The highest BCUT2D eigenvalue weighted by molar-refractivity contribution is 7.99. The van der Waals surface area contributed by atoms with Gasteiger partial charge in [0.25, 0.3) is 0 Å². The van der Waals surface area contributed by atoms with Gasteiger partial charge in [-0.2, -0.15) is 11.8 Å². The first kappa shape index (κ1) is 14.4. The van der Waals surface area contributed by atoms with E-state index >= 15 is 0 Å². The van der Waals surface area contributed by atoms with E-state index in [1.54, 1.807) is 0 Å². The van der Waals surface area contributed by atoms with Crippen LogP contribution in [0.3, 0.4) is 0 Å². The quantitative estimate of drug-likeness (QED) is 0.898. The molecule has 1 aliphatic heterocycles. The van der Waals surface area contributed by atoms with Crippen LogP contribution in [0, 0.1) is 0 Å². The van der Waals surface area contributed by atoms with Crippen LogP contribution in [0.4, 0.5) is 11.6 Å². The maximum atomic E-state index is 4.69. The molecule has 1 fully saturated rings. The molecule has 1 aromatic heterocycles. The van der Waals surface area contributed by atoms with Gasteiger partial charge in [-0.3, -0.25) is 0 Å². The standard InChI is InChI=1S/C14H24N4S/c1-3-6-15-13-11-14(17-12(4-2)16-13)18-7-5-9-19-10-8-18/h11H,3-10H2,1-2H3,(H,15,16,17). The first-order valence-electron chi connectivity index (χ1n) is 7.28. The van der Waals surface area contributed by atoms with Crippen LogP contribution in [0.5, 0.6) is 0 Å². The van der Waals surface area contributed by atoms with Crippen molar-refractivity contribution in [3.8, 4) is 0 Å². The molecule has 2 rings (SSSR count). The molecule has 0 spiro atoms. The smallest absolute Gasteiger partial charge is 0.134 e. The average Bonchev–Trinajstić information content (AvgIpc) is 2.73. The highest BCUT2D eigenvalue weighted by atomic mass is 32.2. The van der Waals surface area contributed by atoms with Gasteiger partial charge in [0.2, 0.25) is 0 Å². The first-order chi connectivity index (χ1) is 9.33. The third kappa shape index (κ3) is 4.27. The molecule has 1 saturated heterocycles. The van der Waals surface area contributed by atoms with Gasteiger partial charge in [0.05, 0.1) is 0 Å². The molecule has 5 heteroatoms. The molecule has 0 radical (unpaired) electrons. The summed E-state index contributed by atoms with van der Waals surface area (Å²) in [5.41, 5.74) is 0. The Morgan fingerprint density at radius 3 is 2.95 bits per heavy atom. The number of thioether (sulfide) groups is 1. The number of nitrogens with one attached hydrogen (secondary N) is 1. The fourth-order valence-corrected chi connectivity index (χ4v) is 3.01. The van der Waals surface area contributed by atoms with Crippen molar-refractivity contribution in [2.75, 3.05) is 41.4 Å². The predicted octanol–water partition coefficient (Wildman–Crippen LogP) is 2.80. The normalized spacial score (nSPS) is 16.2. The lowest BCUT2D eigenvalue weighted by atomic mass is 10.3. The van der Waals surface area contributed by atoms with Gasteiger partial charge in [-0.1, -0.05) is 13.8 Å². The molecule has 0 amide bonds. The Morgan fingerprint density at radius 2 is 2.16 bits per heavy atom. The molecule has 19 heavy (non-hydrogen) atoms. The molecular weight excluding hydrogens is 256 g/mol. The van der Waals surface area contributed by atoms with E-state index < -0.39 is 0 Å². The van der Waals surface area contributed by atoms with Gasteiger partial charge >= 0.3 is 0 Å². The largest absolute Gasteiger partial charge is 0.370 e. The number of hydrogen-bond donors (Lipinski definition) is 1. The number of nitrogens with zero attached hydrogens (tertiary/aromatic N) is 3. The summed E-state index contributed by atoms with van der Waals surface area (Å²) in [5, 5.41) is 3.38. The predicted molar refractivity (Wildman–Crippen MR) is 84.3 cm³/mol. The third-order valence-corrected chi connectivity index (χ3v) is 4.23. The highest BCUT2D eigenvalue weighted by Gasteiger charge is 2.13. The summed E-state index contributed by atoms with van der Waals surface area (Å²) in [6.07, 6.45) is 3.24. The van der Waals surface area contributed by atoms with Gasteiger partial charge in [-0.15, -0.1) is 0 Å². The van der Waals surface area contributed by atoms with Crippen LogP contribution in [0.25, 0.3) is 0 Å². The van der Waals surface area contributed by atoms with Gasteiger partial charge in [-0.25, -0.2) is 9.97 Å². The van der Waals surface area contributed by atoms with Crippen LogP contribution >= 0.6 is 11.8 Å². The summed E-state index contributed by atoms with van der Waals surface area (Å²) in [7, 11) is 0. The van der Waals surface area contributed by atoms with E-state index in [9.17, 15) is 0 Å². The Hall–Kier alpha value is -0.970. The SMILES string of the molecule is CCCNc1cc(N2CCCSCC2)nc(CC)n1. The second-order valence-corrected chi connectivity index (χ2v) is 5.99. The van der Waals surface area contributed by atoms with Crippen molar-refractivity contribution in [2.24, 2.45) is 0 Å². The van der Waals surface area contributed by atoms with Gasteiger partial charge in [0.15, 0.2) is 0 Å². The van der Waals surface area contributed by atoms with Gasteiger partial charge in [0.1, 0.15) is 17.5 Å². The van der Waals surface area contributed by atoms with E-state index in [0.29, 0.717) is 0 Å². The van der Waals surface area contributed by atoms with Crippen molar-refractivity contribution >= 4 is 23.4 Å². The van der Waals surface area contributed by atoms with E-state index in [0.717, 1.165) is 49.9 Å². The maximum Gasteiger partial charge on any atom is 0.134 e. The zero-order chi connectivity index (χ0) is 13.5. The average molecular weight is 280 g/mol. The Bertz CT molecular complexity index is 389. The lowest BCUT2D eigenvalue weighted by Gasteiger charge is -2.22. The molecule has 0 saturated carbocycles. The van der Waals surface area contributed by atoms with Gasteiger partial charge < -0.3 is 10.2 Å². The second-order valence-electron chi connectivity index (χ2n) is 4.76. The van der Waals surface area contributed by atoms with Crippen molar-refractivity contribution < 1.29 is 0 Å². The molecule has 1 aliphatic rings. The number of hydrogen-bond acceptors (Lipinski definition) is 5. The Kier molecular flexibility index (Phi) is 5.76. The number of aryl methyl sites for hydroxylation is 1. The van der Waals surface area contributed by atoms with E-state index in [1.807, 2.05) is 11.8 Å². The molecule has 1 N–H and O–H groups in total. The molecule has 4 nitrogen and oxygen atoms in total. The summed E-state index contributed by atoms with van der Waals surface area (Å²) in [6, 6.07) is 2.10. The van der Waals surface area contributed by atoms with Crippen molar-refractivity contribution in [1.82, 2.24) is 9.97 Å². The Labute approximate surface area is 120 Å². The second kappa shape index (κ2) is 7.58. The molecule has 2 heterocycles. The molecule has 0 aliphatic carbocycles. The molecule has 106 valence electrons. The number of rotatable bonds is 5. The van der Waals surface area contributed by atoms with Crippen LogP contribution in [0.15, 0.2) is 6.07 Å². The Morgan fingerprint density at radius 1 is 1.26 bits per heavy atom. The van der Waals surface area contributed by atoms with E-state index in [-0.39, 0.29) is 0 Å². The summed E-state index contributed by atoms with van der Waals surface area (Å²) < 4.78 is 0. The van der Waals surface area contributed by atoms with Gasteiger partial charge in [-0.05, 0) is 18.6 Å². The van der Waals surface area contributed by atoms with Crippen LogP contribution in [-0.4, -0.2) is 41.1 Å². The summed E-state index contributed by atoms with van der Waals surface area (Å²) in [6.45, 7) is 7.46. The fraction of sp³-hybridized carbons (Fsp3) is 0.714. The van der Waals surface area contributed by atoms with Crippen LogP contribution in [-0.2, 0) is 6.42 Å². The van der Waals surface area contributed by atoms with E-state index in [1.165, 1.54) is 17.9 Å². The zero-order valence-corrected chi connectivity index (χ0v) is 12.8. The summed E-state index contributed by atoms with van der Waals surface area (Å²) in [4.78, 5) is 11.6. The van der Waals surface area contributed by atoms with E-state index in [2.05, 4.69) is 35.1 Å². The number of anilines is 2. The van der Waals surface area contributed by atoms with Crippen LogP contribution in [0.2, 0.25) is 0 Å². The molecular formula is C14H24N4S. The van der Waals surface area contributed by atoms with Crippen LogP contribution in [0.1, 0.15) is 32.5 Å². The molecule has 1 aromatic rings. The monoisotopic (exact) mass is 280 g/mol. The van der Waals surface area contributed by atoms with Crippen molar-refractivity contribution in [2.45, 2.75) is 33.1 Å². The molecule has 0 bridgehead atoms. The molecule has 0 atom stereocenters. The van der Waals surface area contributed by atoms with Crippen LogP contribution < -0.4 is 10.2 Å². The molecule has 0 aromatic carbocycles. The van der Waals surface area contributed by atoms with Crippen molar-refractivity contribution in [3.63, 3.8) is 0 Å². The minimum absolute atomic E-state index is 0.886. The minimum atomic E-state index is 0.886. The lowest BCUT2D eigenvalue weighted by molar-refractivity contribution is 0.787. The van der Waals surface area contributed by atoms with Crippen molar-refractivity contribution in [1.29, 1.82) is 0 Å². The number of aromatic nitrogens is 2. The fourth-order valence-electron chi connectivity index (χ4n) is 2.12. The summed E-state index contributed by atoms with van der Waals surface area (Å²) in [5.74, 6) is 5.47. The van der Waals surface area contributed by atoms with E-state index in [4.69, 9.17) is 4.98 Å². The topological polar surface area (TPSA) is 41.0 Å². The summed E-state index contributed by atoms with van der Waals surface area (Å²) >= 11 is 2.04. The molecule has 0 unspecified atom stereocenters. The third-order valence-electron chi connectivity index (χ3n) is 3.18. The maximum absolute atomic E-state index is 4.69. The first-order valence-corrected chi connectivity index (χ1v) is 8.43. The minimum Gasteiger partial charge on any atom is -0.370 e. The lowest BCUT2D eigenvalue weighted by Crippen LogP contribution is -2.27.